The highest BCUT2D eigenvalue weighted by atomic mass is 16.4. The molecule has 0 fully saturated rings. The second kappa shape index (κ2) is 4.98. The Morgan fingerprint density at radius 3 is 2.38 bits per heavy atom. The molecule has 0 unspecified atom stereocenters. The molecular formula is C17H16N2O2. The first-order chi connectivity index (χ1) is 10.0. The van der Waals surface area contributed by atoms with Gasteiger partial charge in [-0.3, -0.25) is 0 Å². The Kier molecular flexibility index (Phi) is 3.14. The molecule has 0 radical (unpaired) electrons. The zero-order valence-corrected chi connectivity index (χ0v) is 12.0. The van der Waals surface area contributed by atoms with Crippen LogP contribution in [-0.2, 0) is 0 Å². The van der Waals surface area contributed by atoms with Gasteiger partial charge in [-0.2, -0.15) is 0 Å². The van der Waals surface area contributed by atoms with Crippen LogP contribution in [0.2, 0.25) is 0 Å². The molecule has 4 heteroatoms. The van der Waals surface area contributed by atoms with Crippen LogP contribution in [0.25, 0.3) is 22.1 Å². The molecule has 0 saturated heterocycles. The Morgan fingerprint density at radius 2 is 1.71 bits per heavy atom. The molecule has 0 atom stereocenters. The van der Waals surface area contributed by atoms with Crippen LogP contribution in [0.1, 0.15) is 0 Å². The van der Waals surface area contributed by atoms with Gasteiger partial charge in [0.25, 0.3) is 0 Å². The van der Waals surface area contributed by atoms with Crippen LogP contribution < -0.4 is 16.3 Å². The third kappa shape index (κ3) is 2.48. The normalized spacial score (nSPS) is 10.8. The Balaban J connectivity index is 2.23. The van der Waals surface area contributed by atoms with Crippen LogP contribution >= 0.6 is 0 Å². The van der Waals surface area contributed by atoms with Crippen molar-refractivity contribution in [3.63, 3.8) is 0 Å². The van der Waals surface area contributed by atoms with E-state index < -0.39 is 0 Å². The van der Waals surface area contributed by atoms with Gasteiger partial charge in [0.1, 0.15) is 5.58 Å². The van der Waals surface area contributed by atoms with E-state index in [2.05, 4.69) is 0 Å². The predicted molar refractivity (Wildman–Crippen MR) is 86.7 cm³/mol. The molecule has 0 saturated carbocycles. The third-order valence-corrected chi connectivity index (χ3v) is 3.46. The summed E-state index contributed by atoms with van der Waals surface area (Å²) in [5, 5.41) is 0.840. The molecular weight excluding hydrogens is 264 g/mol. The summed E-state index contributed by atoms with van der Waals surface area (Å²) in [6.07, 6.45) is 0. The van der Waals surface area contributed by atoms with Gasteiger partial charge in [0.2, 0.25) is 0 Å². The van der Waals surface area contributed by atoms with Crippen molar-refractivity contribution in [2.45, 2.75) is 0 Å². The fourth-order valence-electron chi connectivity index (χ4n) is 2.36. The SMILES string of the molecule is CN(C)c1ccc(-c2cc(=O)oc3ccc(N)cc23)cc1. The van der Waals surface area contributed by atoms with Gasteiger partial charge in [0.15, 0.2) is 0 Å². The highest BCUT2D eigenvalue weighted by molar-refractivity contribution is 5.95. The van der Waals surface area contributed by atoms with E-state index >= 15 is 0 Å². The zero-order valence-electron chi connectivity index (χ0n) is 12.0. The quantitative estimate of drug-likeness (QED) is 0.579. The largest absolute Gasteiger partial charge is 0.423 e. The fourth-order valence-corrected chi connectivity index (χ4v) is 2.36. The summed E-state index contributed by atoms with van der Waals surface area (Å²) in [5.74, 6) is 0. The van der Waals surface area contributed by atoms with Gasteiger partial charge in [-0.15, -0.1) is 0 Å². The monoisotopic (exact) mass is 280 g/mol. The van der Waals surface area contributed by atoms with Gasteiger partial charge in [0, 0.05) is 36.9 Å². The second-order valence-electron chi connectivity index (χ2n) is 5.18. The molecule has 2 aromatic carbocycles. The van der Waals surface area contributed by atoms with E-state index in [4.69, 9.17) is 10.2 Å². The van der Waals surface area contributed by atoms with E-state index in [1.54, 1.807) is 12.1 Å². The number of nitrogens with zero attached hydrogens (tertiary/aromatic N) is 1. The average Bonchev–Trinajstić information content (AvgIpc) is 2.47. The molecule has 21 heavy (non-hydrogen) atoms. The van der Waals surface area contributed by atoms with Crippen molar-refractivity contribution in [1.82, 2.24) is 0 Å². The van der Waals surface area contributed by atoms with Gasteiger partial charge in [-0.25, -0.2) is 4.79 Å². The molecule has 0 amide bonds. The molecule has 0 aliphatic carbocycles. The van der Waals surface area contributed by atoms with E-state index in [1.807, 2.05) is 49.3 Å². The van der Waals surface area contributed by atoms with Gasteiger partial charge >= 0.3 is 5.63 Å². The topological polar surface area (TPSA) is 59.5 Å². The van der Waals surface area contributed by atoms with Gasteiger partial charge in [0.05, 0.1) is 0 Å². The van der Waals surface area contributed by atoms with Crippen molar-refractivity contribution < 1.29 is 4.42 Å². The summed E-state index contributed by atoms with van der Waals surface area (Å²) in [4.78, 5) is 13.8. The summed E-state index contributed by atoms with van der Waals surface area (Å²) < 4.78 is 5.22. The van der Waals surface area contributed by atoms with Crippen LogP contribution in [0.3, 0.4) is 0 Å². The molecule has 0 aliphatic rings. The minimum atomic E-state index is -0.362. The maximum Gasteiger partial charge on any atom is 0.336 e. The van der Waals surface area contributed by atoms with E-state index in [-0.39, 0.29) is 5.63 Å². The molecule has 3 rings (SSSR count). The lowest BCUT2D eigenvalue weighted by molar-refractivity contribution is 0.561. The van der Waals surface area contributed by atoms with Gasteiger partial charge < -0.3 is 15.1 Å². The summed E-state index contributed by atoms with van der Waals surface area (Å²) in [6.45, 7) is 0. The molecule has 3 aromatic rings. The minimum absolute atomic E-state index is 0.362. The number of benzene rings is 2. The molecule has 0 bridgehead atoms. The number of fused-ring (bicyclic) bond motifs is 1. The van der Waals surface area contributed by atoms with Crippen molar-refractivity contribution in [2.24, 2.45) is 0 Å². The molecule has 0 aliphatic heterocycles. The van der Waals surface area contributed by atoms with Gasteiger partial charge in [-0.05, 0) is 41.5 Å². The lowest BCUT2D eigenvalue weighted by Gasteiger charge is -2.13. The zero-order chi connectivity index (χ0) is 15.0. The van der Waals surface area contributed by atoms with Gasteiger partial charge in [-0.1, -0.05) is 12.1 Å². The van der Waals surface area contributed by atoms with Crippen molar-refractivity contribution in [2.75, 3.05) is 24.7 Å². The number of nitrogens with two attached hydrogens (primary N) is 1. The predicted octanol–water partition coefficient (Wildman–Crippen LogP) is 3.11. The maximum atomic E-state index is 11.7. The summed E-state index contributed by atoms with van der Waals surface area (Å²) in [6, 6.07) is 14.8. The molecule has 0 spiro atoms. The highest BCUT2D eigenvalue weighted by Crippen LogP contribution is 2.29. The van der Waals surface area contributed by atoms with Crippen molar-refractivity contribution in [1.29, 1.82) is 0 Å². The lowest BCUT2D eigenvalue weighted by Crippen LogP contribution is -2.08. The lowest BCUT2D eigenvalue weighted by atomic mass is 10.0. The van der Waals surface area contributed by atoms with Crippen LogP contribution in [0.4, 0.5) is 11.4 Å². The Labute approximate surface area is 122 Å². The van der Waals surface area contributed by atoms with E-state index in [0.717, 1.165) is 22.2 Å². The molecule has 2 N–H and O–H groups in total. The summed E-state index contributed by atoms with van der Waals surface area (Å²) >= 11 is 0. The Hall–Kier alpha value is -2.75. The maximum absolute atomic E-state index is 11.7. The summed E-state index contributed by atoms with van der Waals surface area (Å²) in [5.41, 5.74) is 9.57. The van der Waals surface area contributed by atoms with E-state index in [1.165, 1.54) is 6.07 Å². The van der Waals surface area contributed by atoms with Crippen LogP contribution in [0.15, 0.2) is 57.7 Å². The van der Waals surface area contributed by atoms with Crippen LogP contribution in [-0.4, -0.2) is 14.1 Å². The molecule has 1 heterocycles. The smallest absolute Gasteiger partial charge is 0.336 e. The Bertz CT molecular complexity index is 849. The van der Waals surface area contributed by atoms with Crippen LogP contribution in [0.5, 0.6) is 0 Å². The standard InChI is InChI=1S/C17H16N2O2/c1-19(2)13-6-3-11(4-7-13)14-10-17(20)21-16-8-5-12(18)9-15(14)16/h3-10H,18H2,1-2H3. The molecule has 106 valence electrons. The number of nitrogen functional groups attached to an aromatic ring is 1. The first-order valence-electron chi connectivity index (χ1n) is 6.66. The number of hydrogen-bond donors (Lipinski definition) is 1. The third-order valence-electron chi connectivity index (χ3n) is 3.46. The minimum Gasteiger partial charge on any atom is -0.423 e. The average molecular weight is 280 g/mol. The number of rotatable bonds is 2. The first-order valence-corrected chi connectivity index (χ1v) is 6.66. The number of anilines is 2. The summed E-state index contributed by atoms with van der Waals surface area (Å²) in [7, 11) is 3.98. The Morgan fingerprint density at radius 1 is 1.00 bits per heavy atom. The van der Waals surface area contributed by atoms with E-state index in [9.17, 15) is 4.79 Å². The van der Waals surface area contributed by atoms with Crippen LogP contribution in [0, 0.1) is 0 Å². The number of hydrogen-bond acceptors (Lipinski definition) is 4. The van der Waals surface area contributed by atoms with E-state index in [0.29, 0.717) is 11.3 Å². The second-order valence-corrected chi connectivity index (χ2v) is 5.18. The highest BCUT2D eigenvalue weighted by Gasteiger charge is 2.08. The van der Waals surface area contributed by atoms with Crippen molar-refractivity contribution >= 4 is 22.3 Å². The van der Waals surface area contributed by atoms with Crippen molar-refractivity contribution in [3.05, 3.63) is 59.0 Å². The molecule has 4 nitrogen and oxygen atoms in total. The first kappa shape index (κ1) is 13.2. The molecule has 1 aromatic heterocycles. The fraction of sp³-hybridized carbons (Fsp3) is 0.118. The van der Waals surface area contributed by atoms with Crippen molar-refractivity contribution in [3.8, 4) is 11.1 Å².